The van der Waals surface area contributed by atoms with Crippen LogP contribution in [0.2, 0.25) is 0 Å². The molecule has 0 unspecified atom stereocenters. The van der Waals surface area contributed by atoms with E-state index in [9.17, 15) is 0 Å². The zero-order valence-corrected chi connectivity index (χ0v) is 4.26. The number of anilines is 1. The summed E-state index contributed by atoms with van der Waals surface area (Å²) in [6.45, 7) is 0.781. The van der Waals surface area contributed by atoms with E-state index in [1.807, 2.05) is 6.07 Å². The lowest BCUT2D eigenvalue weighted by Crippen LogP contribution is -2.09. The largest absolute Gasteiger partial charge is 0.350 e. The minimum atomic E-state index is 0.781. The van der Waals surface area contributed by atoms with Crippen molar-refractivity contribution in [1.29, 1.82) is 0 Å². The van der Waals surface area contributed by atoms with E-state index in [1.54, 1.807) is 11.0 Å². The van der Waals surface area contributed by atoms with Gasteiger partial charge in [-0.15, -0.1) is 0 Å². The molecule has 0 spiro atoms. The van der Waals surface area contributed by atoms with E-state index < -0.39 is 0 Å². The summed E-state index contributed by atoms with van der Waals surface area (Å²) >= 11 is 0. The van der Waals surface area contributed by atoms with Gasteiger partial charge in [0.15, 0.2) is 0 Å². The fraction of sp³-hybridized carbons (Fsp3) is 0.250. The van der Waals surface area contributed by atoms with E-state index in [0.717, 1.165) is 12.5 Å². The van der Waals surface area contributed by atoms with Gasteiger partial charge in [-0.2, -0.15) is 9.89 Å². The molecule has 4 heteroatoms. The van der Waals surface area contributed by atoms with Gasteiger partial charge in [-0.25, -0.2) is 0 Å². The zero-order chi connectivity index (χ0) is 5.40. The minimum absolute atomic E-state index is 0.781. The lowest BCUT2D eigenvalue weighted by Gasteiger charge is -1.89. The van der Waals surface area contributed by atoms with Crippen LogP contribution in [-0.4, -0.2) is 16.6 Å². The van der Waals surface area contributed by atoms with Gasteiger partial charge in [-0.05, 0) is 0 Å². The van der Waals surface area contributed by atoms with Crippen LogP contribution in [0.25, 0.3) is 0 Å². The SMILES string of the molecule is c1cc2n(n1)NCN2. The van der Waals surface area contributed by atoms with Crippen LogP contribution in [0.3, 0.4) is 0 Å². The molecule has 2 N–H and O–H groups in total. The van der Waals surface area contributed by atoms with Crippen LogP contribution in [-0.2, 0) is 0 Å². The Kier molecular flexibility index (Phi) is 0.542. The number of fused-ring (bicyclic) bond motifs is 1. The molecule has 42 valence electrons. The normalized spacial score (nSPS) is 14.5. The first-order valence-corrected chi connectivity index (χ1v) is 2.48. The highest BCUT2D eigenvalue weighted by atomic mass is 15.6. The van der Waals surface area contributed by atoms with Crippen molar-refractivity contribution in [2.75, 3.05) is 17.4 Å². The predicted octanol–water partition coefficient (Wildman–Crippen LogP) is -0.190. The number of hydrogen-bond acceptors (Lipinski definition) is 3. The summed E-state index contributed by atoms with van der Waals surface area (Å²) in [5.41, 5.74) is 2.97. The minimum Gasteiger partial charge on any atom is -0.350 e. The molecule has 0 fully saturated rings. The van der Waals surface area contributed by atoms with Crippen LogP contribution < -0.4 is 10.7 Å². The van der Waals surface area contributed by atoms with Crippen LogP contribution >= 0.6 is 0 Å². The molecule has 8 heavy (non-hydrogen) atoms. The second-order valence-electron chi connectivity index (χ2n) is 1.64. The van der Waals surface area contributed by atoms with E-state index in [1.165, 1.54) is 0 Å². The Morgan fingerprint density at radius 2 is 2.75 bits per heavy atom. The average molecular weight is 110 g/mol. The van der Waals surface area contributed by atoms with Crippen molar-refractivity contribution in [1.82, 2.24) is 9.89 Å². The standard InChI is InChI=1S/C4H6N4/c1-2-6-8-4(1)5-3-7-8/h1-2,5,7H,3H2. The molecule has 1 aromatic heterocycles. The molecule has 2 rings (SSSR count). The summed E-state index contributed by atoms with van der Waals surface area (Å²) in [6, 6.07) is 1.92. The Morgan fingerprint density at radius 3 is 3.62 bits per heavy atom. The van der Waals surface area contributed by atoms with Gasteiger partial charge < -0.3 is 5.32 Å². The topological polar surface area (TPSA) is 41.9 Å². The third-order valence-electron chi connectivity index (χ3n) is 1.14. The first-order chi connectivity index (χ1) is 3.97. The predicted molar refractivity (Wildman–Crippen MR) is 30.1 cm³/mol. The molecular weight excluding hydrogens is 104 g/mol. The third-order valence-corrected chi connectivity index (χ3v) is 1.14. The second-order valence-corrected chi connectivity index (χ2v) is 1.64. The molecular formula is C4H6N4. The van der Waals surface area contributed by atoms with Gasteiger partial charge in [0.2, 0.25) is 0 Å². The Labute approximate surface area is 46.5 Å². The smallest absolute Gasteiger partial charge is 0.148 e. The maximum Gasteiger partial charge on any atom is 0.148 e. The molecule has 0 radical (unpaired) electrons. The van der Waals surface area contributed by atoms with Crippen LogP contribution in [0.4, 0.5) is 5.82 Å². The van der Waals surface area contributed by atoms with E-state index >= 15 is 0 Å². The molecule has 0 saturated heterocycles. The molecule has 0 amide bonds. The highest BCUT2D eigenvalue weighted by molar-refractivity contribution is 5.38. The molecule has 1 aliphatic heterocycles. The summed E-state index contributed by atoms with van der Waals surface area (Å²) in [5.74, 6) is 1.03. The van der Waals surface area contributed by atoms with Crippen molar-refractivity contribution in [2.45, 2.75) is 0 Å². The van der Waals surface area contributed by atoms with Gasteiger partial charge in [-0.1, -0.05) is 0 Å². The van der Waals surface area contributed by atoms with Crippen molar-refractivity contribution in [2.24, 2.45) is 0 Å². The Balaban J connectivity index is 2.54. The van der Waals surface area contributed by atoms with Crippen LogP contribution in [0.15, 0.2) is 12.3 Å². The molecule has 0 saturated carbocycles. The molecule has 1 aliphatic rings. The Morgan fingerprint density at radius 1 is 1.75 bits per heavy atom. The van der Waals surface area contributed by atoms with Gasteiger partial charge in [0.25, 0.3) is 0 Å². The summed E-state index contributed by atoms with van der Waals surface area (Å²) < 4.78 is 0. The summed E-state index contributed by atoms with van der Waals surface area (Å²) in [4.78, 5) is 1.71. The Hall–Kier alpha value is -1.19. The van der Waals surface area contributed by atoms with E-state index in [4.69, 9.17) is 0 Å². The van der Waals surface area contributed by atoms with Gasteiger partial charge in [0, 0.05) is 6.07 Å². The second kappa shape index (κ2) is 1.15. The summed E-state index contributed by atoms with van der Waals surface area (Å²) in [5, 5.41) is 7.01. The molecule has 2 heterocycles. The lowest BCUT2D eigenvalue weighted by molar-refractivity contribution is 0.810. The fourth-order valence-electron chi connectivity index (χ4n) is 0.768. The van der Waals surface area contributed by atoms with Crippen molar-refractivity contribution in [3.63, 3.8) is 0 Å². The zero-order valence-electron chi connectivity index (χ0n) is 4.26. The average Bonchev–Trinajstić information content (AvgIpc) is 2.15. The van der Waals surface area contributed by atoms with Crippen molar-refractivity contribution >= 4 is 5.82 Å². The summed E-state index contributed by atoms with van der Waals surface area (Å²) in [7, 11) is 0. The van der Waals surface area contributed by atoms with Gasteiger partial charge in [0.05, 0.1) is 6.20 Å². The number of aromatic nitrogens is 2. The quantitative estimate of drug-likeness (QED) is 0.486. The molecule has 0 aromatic carbocycles. The van der Waals surface area contributed by atoms with E-state index in [2.05, 4.69) is 15.8 Å². The molecule has 0 atom stereocenters. The lowest BCUT2D eigenvalue weighted by atomic mass is 10.6. The van der Waals surface area contributed by atoms with Gasteiger partial charge in [-0.3, -0.25) is 5.43 Å². The number of rotatable bonds is 0. The number of nitrogens with zero attached hydrogens (tertiary/aromatic N) is 2. The molecule has 4 nitrogen and oxygen atoms in total. The van der Waals surface area contributed by atoms with Crippen molar-refractivity contribution < 1.29 is 0 Å². The van der Waals surface area contributed by atoms with Crippen molar-refractivity contribution in [3.05, 3.63) is 12.3 Å². The Bertz CT molecular complexity index is 173. The molecule has 0 aliphatic carbocycles. The number of hydrogen-bond donors (Lipinski definition) is 2. The van der Waals surface area contributed by atoms with Crippen LogP contribution in [0.1, 0.15) is 0 Å². The summed E-state index contributed by atoms with van der Waals surface area (Å²) in [6.07, 6.45) is 1.74. The first kappa shape index (κ1) is 3.77. The number of nitrogens with one attached hydrogen (secondary N) is 2. The highest BCUT2D eigenvalue weighted by Crippen LogP contribution is 2.05. The van der Waals surface area contributed by atoms with E-state index in [0.29, 0.717) is 0 Å². The van der Waals surface area contributed by atoms with Crippen LogP contribution in [0.5, 0.6) is 0 Å². The third kappa shape index (κ3) is 0.318. The highest BCUT2D eigenvalue weighted by Gasteiger charge is 2.04. The maximum atomic E-state index is 3.94. The molecule has 1 aromatic rings. The first-order valence-electron chi connectivity index (χ1n) is 2.48. The van der Waals surface area contributed by atoms with Crippen molar-refractivity contribution in [3.8, 4) is 0 Å². The monoisotopic (exact) mass is 110 g/mol. The van der Waals surface area contributed by atoms with Gasteiger partial charge in [0.1, 0.15) is 12.5 Å². The van der Waals surface area contributed by atoms with Gasteiger partial charge >= 0.3 is 0 Å². The fourth-order valence-corrected chi connectivity index (χ4v) is 0.768. The maximum absolute atomic E-state index is 3.94. The van der Waals surface area contributed by atoms with Crippen LogP contribution in [0, 0.1) is 0 Å². The van der Waals surface area contributed by atoms with E-state index in [-0.39, 0.29) is 0 Å². The molecule has 0 bridgehead atoms.